The highest BCUT2D eigenvalue weighted by atomic mass is 32.2. The Balaban J connectivity index is 1.99. The highest BCUT2D eigenvalue weighted by Crippen LogP contribution is 2.28. The number of anilines is 1. The highest BCUT2D eigenvalue weighted by Gasteiger charge is 2.24. The normalized spacial score (nSPS) is 12.5. The van der Waals surface area contributed by atoms with E-state index in [9.17, 15) is 17.6 Å². The third-order valence-electron chi connectivity index (χ3n) is 5.62. The molecule has 0 saturated carbocycles. The SMILES string of the molecule is Cc1cccc(S(=O)(=O)NC(=O)c2ccc(-c3cc(F)cc(OCC(C)C)c3)nc2NC(C)C(C)C)n1. The molecule has 0 bridgehead atoms. The molecule has 2 heterocycles. The lowest BCUT2D eigenvalue weighted by molar-refractivity contribution is 0.0981. The molecule has 3 aromatic rings. The summed E-state index contributed by atoms with van der Waals surface area (Å²) in [6.07, 6.45) is 0. The quantitative estimate of drug-likeness (QED) is 0.372. The number of nitrogens with one attached hydrogen (secondary N) is 2. The van der Waals surface area contributed by atoms with Crippen molar-refractivity contribution in [2.45, 2.75) is 52.6 Å². The van der Waals surface area contributed by atoms with Gasteiger partial charge in [-0.3, -0.25) is 4.79 Å². The fourth-order valence-corrected chi connectivity index (χ4v) is 4.23. The molecule has 0 saturated heterocycles. The van der Waals surface area contributed by atoms with E-state index in [1.807, 2.05) is 34.6 Å². The Morgan fingerprint density at radius 2 is 1.76 bits per heavy atom. The summed E-state index contributed by atoms with van der Waals surface area (Å²) in [7, 11) is -4.21. The number of nitrogens with zero attached hydrogens (tertiary/aromatic N) is 2. The highest BCUT2D eigenvalue weighted by molar-refractivity contribution is 7.90. The summed E-state index contributed by atoms with van der Waals surface area (Å²) in [4.78, 5) is 21.7. The van der Waals surface area contributed by atoms with Gasteiger partial charge in [0.15, 0.2) is 5.03 Å². The molecule has 0 fully saturated rings. The van der Waals surface area contributed by atoms with Crippen molar-refractivity contribution in [2.24, 2.45) is 11.8 Å². The second-order valence-corrected chi connectivity index (χ2v) is 11.3. The average Bonchev–Trinajstić information content (AvgIpc) is 2.82. The second kappa shape index (κ2) is 11.7. The minimum Gasteiger partial charge on any atom is -0.493 e. The van der Waals surface area contributed by atoms with Crippen LogP contribution in [0.25, 0.3) is 11.3 Å². The molecule has 0 aliphatic heterocycles. The van der Waals surface area contributed by atoms with Gasteiger partial charge in [-0.2, -0.15) is 8.42 Å². The van der Waals surface area contributed by atoms with E-state index in [4.69, 9.17) is 4.74 Å². The first-order valence-electron chi connectivity index (χ1n) is 12.1. The molecule has 2 N–H and O–H groups in total. The van der Waals surface area contributed by atoms with Crippen LogP contribution >= 0.6 is 0 Å². The van der Waals surface area contributed by atoms with E-state index < -0.39 is 21.7 Å². The Hall–Kier alpha value is -3.53. The Morgan fingerprint density at radius 3 is 2.41 bits per heavy atom. The third kappa shape index (κ3) is 7.48. The number of hydrogen-bond acceptors (Lipinski definition) is 7. The van der Waals surface area contributed by atoms with Crippen LogP contribution in [0.1, 0.15) is 50.7 Å². The number of halogens is 1. The first-order valence-corrected chi connectivity index (χ1v) is 13.6. The molecule has 198 valence electrons. The number of carbonyl (C=O) groups is 1. The van der Waals surface area contributed by atoms with Gasteiger partial charge in [0.2, 0.25) is 0 Å². The van der Waals surface area contributed by atoms with Gasteiger partial charge in [-0.1, -0.05) is 33.8 Å². The lowest BCUT2D eigenvalue weighted by Crippen LogP contribution is -2.33. The van der Waals surface area contributed by atoms with Crippen molar-refractivity contribution in [1.29, 1.82) is 0 Å². The van der Waals surface area contributed by atoms with E-state index in [0.29, 0.717) is 29.3 Å². The zero-order valence-electron chi connectivity index (χ0n) is 21.9. The van der Waals surface area contributed by atoms with Crippen LogP contribution in [0.2, 0.25) is 0 Å². The zero-order valence-corrected chi connectivity index (χ0v) is 22.7. The van der Waals surface area contributed by atoms with E-state index in [1.54, 1.807) is 31.2 Å². The molecule has 0 aliphatic rings. The molecule has 3 rings (SSSR count). The molecule has 8 nitrogen and oxygen atoms in total. The standard InChI is InChI=1S/C27H33FN4O4S/c1-16(2)15-36-22-13-20(12-21(28)14-22)24-11-10-23(26(31-24)30-19(6)17(3)4)27(33)32-37(34,35)25-9-7-8-18(5)29-25/h7-14,16-17,19H,15H2,1-6H3,(H,30,31)(H,32,33). The third-order valence-corrected chi connectivity index (χ3v) is 6.85. The molecule has 1 amide bonds. The molecule has 10 heteroatoms. The zero-order chi connectivity index (χ0) is 27.3. The van der Waals surface area contributed by atoms with Crippen molar-refractivity contribution in [3.05, 3.63) is 65.6 Å². The van der Waals surface area contributed by atoms with E-state index in [1.165, 1.54) is 24.3 Å². The summed E-state index contributed by atoms with van der Waals surface area (Å²) in [5, 5.41) is 2.94. The molecule has 37 heavy (non-hydrogen) atoms. The number of amides is 1. The van der Waals surface area contributed by atoms with E-state index in [2.05, 4.69) is 20.0 Å². The Bertz CT molecular complexity index is 1380. The van der Waals surface area contributed by atoms with Gasteiger partial charge in [-0.05, 0) is 62.1 Å². The van der Waals surface area contributed by atoms with E-state index >= 15 is 0 Å². The smallest absolute Gasteiger partial charge is 0.281 e. The second-order valence-electron chi connectivity index (χ2n) is 9.70. The van der Waals surface area contributed by atoms with Crippen LogP contribution in [0.15, 0.2) is 53.6 Å². The van der Waals surface area contributed by atoms with Crippen molar-refractivity contribution >= 4 is 21.7 Å². The maximum absolute atomic E-state index is 14.4. The molecular formula is C27H33FN4O4S. The maximum atomic E-state index is 14.4. The molecule has 0 spiro atoms. The van der Waals surface area contributed by atoms with Gasteiger partial charge in [-0.15, -0.1) is 0 Å². The summed E-state index contributed by atoms with van der Waals surface area (Å²) in [5.41, 5.74) is 1.39. The van der Waals surface area contributed by atoms with Gasteiger partial charge >= 0.3 is 0 Å². The molecule has 0 radical (unpaired) electrons. The Kier molecular flexibility index (Phi) is 8.85. The lowest BCUT2D eigenvalue weighted by Gasteiger charge is -2.21. The van der Waals surface area contributed by atoms with Gasteiger partial charge < -0.3 is 10.1 Å². The van der Waals surface area contributed by atoms with Crippen molar-refractivity contribution < 1.29 is 22.3 Å². The predicted molar refractivity (Wildman–Crippen MR) is 142 cm³/mol. The van der Waals surface area contributed by atoms with Gasteiger partial charge in [0.25, 0.3) is 15.9 Å². The number of pyridine rings is 2. The number of ether oxygens (including phenoxy) is 1. The van der Waals surface area contributed by atoms with Crippen molar-refractivity contribution in [3.8, 4) is 17.0 Å². The summed E-state index contributed by atoms with van der Waals surface area (Å²) >= 11 is 0. The molecular weight excluding hydrogens is 495 g/mol. The number of rotatable bonds is 10. The molecule has 1 aromatic carbocycles. The summed E-state index contributed by atoms with van der Waals surface area (Å²) < 4.78 is 47.7. The summed E-state index contributed by atoms with van der Waals surface area (Å²) in [6.45, 7) is 12.0. The lowest BCUT2D eigenvalue weighted by atomic mass is 10.1. The minimum atomic E-state index is -4.21. The number of sulfonamides is 1. The van der Waals surface area contributed by atoms with Crippen LogP contribution in [0.3, 0.4) is 0 Å². The van der Waals surface area contributed by atoms with Crippen LogP contribution < -0.4 is 14.8 Å². The van der Waals surface area contributed by atoms with Gasteiger partial charge in [0, 0.05) is 23.4 Å². The van der Waals surface area contributed by atoms with Gasteiger partial charge in [0.05, 0.1) is 17.9 Å². The van der Waals surface area contributed by atoms with Crippen LogP contribution in [0.5, 0.6) is 5.75 Å². The largest absolute Gasteiger partial charge is 0.493 e. The van der Waals surface area contributed by atoms with E-state index in [0.717, 1.165) is 0 Å². The Labute approximate surface area is 217 Å². The van der Waals surface area contributed by atoms with Gasteiger partial charge in [-0.25, -0.2) is 19.1 Å². The minimum absolute atomic E-state index is 0.0279. The summed E-state index contributed by atoms with van der Waals surface area (Å²) in [5.74, 6) is -0.344. The Morgan fingerprint density at radius 1 is 1.03 bits per heavy atom. The van der Waals surface area contributed by atoms with Crippen LogP contribution in [-0.2, 0) is 10.0 Å². The van der Waals surface area contributed by atoms with Crippen molar-refractivity contribution in [1.82, 2.24) is 14.7 Å². The average molecular weight is 529 g/mol. The van der Waals surface area contributed by atoms with Crippen molar-refractivity contribution in [3.63, 3.8) is 0 Å². The number of aromatic nitrogens is 2. The number of aryl methyl sites for hydroxylation is 1. The number of hydrogen-bond donors (Lipinski definition) is 2. The summed E-state index contributed by atoms with van der Waals surface area (Å²) in [6, 6.07) is 11.7. The van der Waals surface area contributed by atoms with Crippen LogP contribution in [0, 0.1) is 24.6 Å². The van der Waals surface area contributed by atoms with Crippen molar-refractivity contribution in [2.75, 3.05) is 11.9 Å². The molecule has 1 atom stereocenters. The molecule has 1 unspecified atom stereocenters. The topological polar surface area (TPSA) is 110 Å². The van der Waals surface area contributed by atoms with E-state index in [-0.39, 0.29) is 34.3 Å². The first-order chi connectivity index (χ1) is 17.4. The maximum Gasteiger partial charge on any atom is 0.281 e. The number of carbonyl (C=O) groups excluding carboxylic acids is 1. The first kappa shape index (κ1) is 28.0. The molecule has 2 aromatic heterocycles. The van der Waals surface area contributed by atoms with Crippen LogP contribution in [0.4, 0.5) is 10.2 Å². The molecule has 0 aliphatic carbocycles. The predicted octanol–water partition coefficient (Wildman–Crippen LogP) is 5.20. The number of benzene rings is 1. The van der Waals surface area contributed by atoms with Crippen LogP contribution in [-0.4, -0.2) is 36.9 Å². The monoisotopic (exact) mass is 528 g/mol. The fraction of sp³-hybridized carbons (Fsp3) is 0.370. The fourth-order valence-electron chi connectivity index (χ4n) is 3.25. The van der Waals surface area contributed by atoms with Gasteiger partial charge in [0.1, 0.15) is 17.4 Å².